The van der Waals surface area contributed by atoms with Crippen LogP contribution in [0.3, 0.4) is 0 Å². The molecule has 0 heterocycles. The van der Waals surface area contributed by atoms with Crippen molar-refractivity contribution in [2.45, 2.75) is 84.1 Å². The molecule has 0 bridgehead atoms. The molecule has 0 atom stereocenters. The monoisotopic (exact) mass is 208 g/mol. The van der Waals surface area contributed by atoms with Gasteiger partial charge in [0.2, 0.25) is 0 Å². The SMILES string of the molecule is C.C.CC.CC.CC(C)C.CC(C)C. The van der Waals surface area contributed by atoms with Crippen LogP contribution in [0.2, 0.25) is 0 Å². The molecule has 96 valence electrons. The second kappa shape index (κ2) is 52.0. The molecular formula is C14H40. The predicted molar refractivity (Wildman–Crippen MR) is 77.2 cm³/mol. The van der Waals surface area contributed by atoms with Gasteiger partial charge < -0.3 is 0 Å². The van der Waals surface area contributed by atoms with Crippen LogP contribution in [0, 0.1) is 11.8 Å². The first kappa shape index (κ1) is 37.0. The summed E-state index contributed by atoms with van der Waals surface area (Å²) in [7, 11) is 0. The van der Waals surface area contributed by atoms with E-state index in [0.717, 1.165) is 11.8 Å². The highest BCUT2D eigenvalue weighted by Gasteiger charge is 1.68. The average molecular weight is 208 g/mol. The van der Waals surface area contributed by atoms with Crippen LogP contribution < -0.4 is 0 Å². The molecule has 0 aromatic carbocycles. The molecular weight excluding hydrogens is 168 g/mol. The Labute approximate surface area is 96.5 Å². The van der Waals surface area contributed by atoms with E-state index in [1.807, 2.05) is 27.7 Å². The van der Waals surface area contributed by atoms with Gasteiger partial charge in [-0.2, -0.15) is 0 Å². The lowest BCUT2D eigenvalue weighted by Gasteiger charge is -1.79. The zero-order chi connectivity index (χ0) is 11.2. The van der Waals surface area contributed by atoms with E-state index in [0.29, 0.717) is 0 Å². The third-order valence-corrected chi connectivity index (χ3v) is 0. The van der Waals surface area contributed by atoms with Crippen molar-refractivity contribution in [1.29, 1.82) is 0 Å². The summed E-state index contributed by atoms with van der Waals surface area (Å²) in [6.45, 7) is 21.0. The summed E-state index contributed by atoms with van der Waals surface area (Å²) in [5.74, 6) is 1.67. The van der Waals surface area contributed by atoms with Crippen LogP contribution in [0.15, 0.2) is 0 Å². The van der Waals surface area contributed by atoms with Crippen LogP contribution in [-0.4, -0.2) is 0 Å². The van der Waals surface area contributed by atoms with E-state index in [4.69, 9.17) is 0 Å². The number of hydrogen-bond donors (Lipinski definition) is 0. The average Bonchev–Trinajstić information content (AvgIpc) is 1.93. The topological polar surface area (TPSA) is 0 Å². The summed E-state index contributed by atoms with van der Waals surface area (Å²) in [5.41, 5.74) is 0. The molecule has 0 aliphatic rings. The zero-order valence-electron chi connectivity index (χ0n) is 11.2. The summed E-state index contributed by atoms with van der Waals surface area (Å²) < 4.78 is 0. The normalized spacial score (nSPS) is 6.00. The molecule has 0 unspecified atom stereocenters. The Morgan fingerprint density at radius 2 is 0.429 bits per heavy atom. The fraction of sp³-hybridized carbons (Fsp3) is 1.00. The molecule has 0 fully saturated rings. The van der Waals surface area contributed by atoms with Gasteiger partial charge in [0.1, 0.15) is 0 Å². The summed E-state index contributed by atoms with van der Waals surface area (Å²) in [4.78, 5) is 0. The Bertz CT molecular complexity index is 15.5. The van der Waals surface area contributed by atoms with Crippen LogP contribution >= 0.6 is 0 Å². The fourth-order valence-corrected chi connectivity index (χ4v) is 0. The quantitative estimate of drug-likeness (QED) is 0.418. The first-order valence-corrected chi connectivity index (χ1v) is 5.46. The van der Waals surface area contributed by atoms with E-state index in [9.17, 15) is 0 Å². The van der Waals surface area contributed by atoms with Crippen molar-refractivity contribution < 1.29 is 0 Å². The molecule has 0 aliphatic heterocycles. The van der Waals surface area contributed by atoms with Gasteiger partial charge in [-0.3, -0.25) is 0 Å². The lowest BCUT2D eigenvalue weighted by atomic mass is 10.3. The predicted octanol–water partition coefficient (Wildman–Crippen LogP) is 6.65. The standard InChI is InChI=1S/2C4H10.2C2H6.2CH4/c2*1-4(2)3;2*1-2;;/h2*4H,1-3H3;2*1-2H3;2*1H4. The smallest absolute Gasteiger partial charge is 0.0500 e. The van der Waals surface area contributed by atoms with Crippen LogP contribution in [0.4, 0.5) is 0 Å². The van der Waals surface area contributed by atoms with Crippen LogP contribution in [0.5, 0.6) is 0 Å². The Morgan fingerprint density at radius 3 is 0.429 bits per heavy atom. The molecule has 0 saturated carbocycles. The van der Waals surface area contributed by atoms with Crippen molar-refractivity contribution in [1.82, 2.24) is 0 Å². The van der Waals surface area contributed by atoms with Gasteiger partial charge in [0.15, 0.2) is 0 Å². The van der Waals surface area contributed by atoms with Crippen molar-refractivity contribution in [2.75, 3.05) is 0 Å². The van der Waals surface area contributed by atoms with E-state index >= 15 is 0 Å². The molecule has 0 spiro atoms. The van der Waals surface area contributed by atoms with E-state index in [-0.39, 0.29) is 14.9 Å². The van der Waals surface area contributed by atoms with Gasteiger partial charge in [0, 0.05) is 0 Å². The first-order valence-electron chi connectivity index (χ1n) is 5.46. The van der Waals surface area contributed by atoms with Crippen molar-refractivity contribution in [3.05, 3.63) is 0 Å². The van der Waals surface area contributed by atoms with Gasteiger partial charge in [-0.15, -0.1) is 0 Å². The minimum Gasteiger partial charge on any atom is -0.0776 e. The third kappa shape index (κ3) is 0. The van der Waals surface area contributed by atoms with Gasteiger partial charge in [-0.05, 0) is 11.8 Å². The Kier molecular flexibility index (Phi) is 137. The highest BCUT2D eigenvalue weighted by molar-refractivity contribution is 4.21. The molecule has 14 heavy (non-hydrogen) atoms. The van der Waals surface area contributed by atoms with Crippen molar-refractivity contribution in [3.63, 3.8) is 0 Å². The maximum absolute atomic E-state index is 2.17. The van der Waals surface area contributed by atoms with Crippen LogP contribution in [0.1, 0.15) is 84.1 Å². The van der Waals surface area contributed by atoms with Crippen molar-refractivity contribution in [2.24, 2.45) is 11.8 Å². The van der Waals surface area contributed by atoms with Gasteiger partial charge in [-0.1, -0.05) is 84.1 Å². The maximum atomic E-state index is 2.17. The first-order chi connectivity index (χ1) is 5.46. The molecule has 0 aliphatic carbocycles. The summed E-state index contributed by atoms with van der Waals surface area (Å²) >= 11 is 0. The molecule has 0 rings (SSSR count). The van der Waals surface area contributed by atoms with Crippen LogP contribution in [-0.2, 0) is 0 Å². The van der Waals surface area contributed by atoms with E-state index < -0.39 is 0 Å². The van der Waals surface area contributed by atoms with Crippen LogP contribution in [0.25, 0.3) is 0 Å². The molecule has 0 saturated heterocycles. The highest BCUT2D eigenvalue weighted by atomic mass is 13.7. The number of hydrogen-bond acceptors (Lipinski definition) is 0. The third-order valence-electron chi connectivity index (χ3n) is 0. The molecule has 0 aromatic rings. The second-order valence-electron chi connectivity index (χ2n) is 3.46. The van der Waals surface area contributed by atoms with E-state index in [1.165, 1.54) is 0 Å². The van der Waals surface area contributed by atoms with Gasteiger partial charge in [0.05, 0.1) is 0 Å². The number of rotatable bonds is 0. The van der Waals surface area contributed by atoms with E-state index in [2.05, 4.69) is 41.5 Å². The maximum Gasteiger partial charge on any atom is -0.0500 e. The molecule has 0 nitrogen and oxygen atoms in total. The molecule has 0 aromatic heterocycles. The summed E-state index contributed by atoms with van der Waals surface area (Å²) in [5, 5.41) is 0. The molecule has 0 N–H and O–H groups in total. The minimum absolute atomic E-state index is 0. The summed E-state index contributed by atoms with van der Waals surface area (Å²) in [6, 6.07) is 0. The highest BCUT2D eigenvalue weighted by Crippen LogP contribution is 1.81. The van der Waals surface area contributed by atoms with E-state index in [1.54, 1.807) is 0 Å². The molecule has 0 radical (unpaired) electrons. The van der Waals surface area contributed by atoms with Crippen molar-refractivity contribution in [3.8, 4) is 0 Å². The minimum atomic E-state index is 0. The fourth-order valence-electron chi connectivity index (χ4n) is 0. The Hall–Kier alpha value is 0. The lowest BCUT2D eigenvalue weighted by Crippen LogP contribution is -1.66. The second-order valence-corrected chi connectivity index (χ2v) is 3.46. The zero-order valence-corrected chi connectivity index (χ0v) is 11.2. The van der Waals surface area contributed by atoms with Gasteiger partial charge >= 0.3 is 0 Å². The van der Waals surface area contributed by atoms with Gasteiger partial charge in [0.25, 0.3) is 0 Å². The Balaban J connectivity index is -0.0000000153. The summed E-state index contributed by atoms with van der Waals surface area (Å²) in [6.07, 6.45) is 0. The van der Waals surface area contributed by atoms with Crippen molar-refractivity contribution >= 4 is 0 Å². The largest absolute Gasteiger partial charge is 0.0776 e. The molecule has 0 amide bonds. The lowest BCUT2D eigenvalue weighted by molar-refractivity contribution is 0.736. The Morgan fingerprint density at radius 1 is 0.429 bits per heavy atom. The molecule has 0 heteroatoms. The van der Waals surface area contributed by atoms with Gasteiger partial charge in [-0.25, -0.2) is 0 Å².